The predicted molar refractivity (Wildman–Crippen MR) is 105 cm³/mol. The van der Waals surface area contributed by atoms with E-state index in [0.29, 0.717) is 29.4 Å². The fraction of sp³-hybridized carbons (Fsp3) is 0.421. The highest BCUT2D eigenvalue weighted by Gasteiger charge is 2.28. The van der Waals surface area contributed by atoms with Gasteiger partial charge in [0.1, 0.15) is 4.21 Å². The zero-order valence-corrected chi connectivity index (χ0v) is 16.5. The Morgan fingerprint density at radius 2 is 1.81 bits per heavy atom. The molecular weight excluding hydrogens is 368 g/mol. The van der Waals surface area contributed by atoms with Crippen LogP contribution < -0.4 is 5.32 Å². The van der Waals surface area contributed by atoms with E-state index in [-0.39, 0.29) is 5.91 Å². The molecule has 7 heteroatoms. The van der Waals surface area contributed by atoms with E-state index in [9.17, 15) is 13.2 Å². The SMILES string of the molecule is CCCCNC(=O)c1ccc(-c2ccc(S(=O)(=O)N3CCCC3)s2)cc1. The fourth-order valence-electron chi connectivity index (χ4n) is 2.94. The number of unbranched alkanes of at least 4 members (excludes halogenated alkanes) is 1. The normalized spacial score (nSPS) is 15.3. The van der Waals surface area contributed by atoms with Crippen molar-refractivity contribution in [3.8, 4) is 10.4 Å². The monoisotopic (exact) mass is 392 g/mol. The van der Waals surface area contributed by atoms with Crippen molar-refractivity contribution in [3.05, 3.63) is 42.0 Å². The number of benzene rings is 1. The molecule has 2 heterocycles. The largest absolute Gasteiger partial charge is 0.352 e. The topological polar surface area (TPSA) is 66.5 Å². The first-order chi connectivity index (χ1) is 12.5. The van der Waals surface area contributed by atoms with E-state index in [1.165, 1.54) is 11.3 Å². The van der Waals surface area contributed by atoms with Crippen LogP contribution in [0.3, 0.4) is 0 Å². The van der Waals surface area contributed by atoms with Gasteiger partial charge in [-0.1, -0.05) is 25.5 Å². The number of nitrogens with one attached hydrogen (secondary N) is 1. The van der Waals surface area contributed by atoms with Crippen LogP contribution >= 0.6 is 11.3 Å². The Kier molecular flexibility index (Phi) is 6.11. The maximum atomic E-state index is 12.6. The summed E-state index contributed by atoms with van der Waals surface area (Å²) in [5, 5.41) is 2.89. The van der Waals surface area contributed by atoms with Gasteiger partial charge in [0, 0.05) is 30.1 Å². The minimum Gasteiger partial charge on any atom is -0.352 e. The quantitative estimate of drug-likeness (QED) is 0.730. The van der Waals surface area contributed by atoms with Crippen LogP contribution in [0, 0.1) is 0 Å². The number of carbonyl (C=O) groups is 1. The van der Waals surface area contributed by atoms with E-state index >= 15 is 0 Å². The summed E-state index contributed by atoms with van der Waals surface area (Å²) in [6, 6.07) is 10.8. The second kappa shape index (κ2) is 8.33. The van der Waals surface area contributed by atoms with Crippen LogP contribution in [-0.2, 0) is 10.0 Å². The number of hydrogen-bond donors (Lipinski definition) is 1. The molecule has 1 aliphatic rings. The Labute approximate surface area is 159 Å². The van der Waals surface area contributed by atoms with Gasteiger partial charge in [-0.2, -0.15) is 4.31 Å². The molecule has 0 spiro atoms. The summed E-state index contributed by atoms with van der Waals surface area (Å²) in [5.74, 6) is -0.0755. The highest BCUT2D eigenvalue weighted by atomic mass is 32.2. The van der Waals surface area contributed by atoms with Crippen LogP contribution in [0.5, 0.6) is 0 Å². The molecule has 0 atom stereocenters. The molecule has 26 heavy (non-hydrogen) atoms. The van der Waals surface area contributed by atoms with Gasteiger partial charge in [-0.3, -0.25) is 4.79 Å². The Hall–Kier alpha value is -1.70. The molecule has 1 saturated heterocycles. The lowest BCUT2D eigenvalue weighted by molar-refractivity contribution is 0.0953. The van der Waals surface area contributed by atoms with Crippen molar-refractivity contribution < 1.29 is 13.2 Å². The molecule has 1 amide bonds. The summed E-state index contributed by atoms with van der Waals surface area (Å²) >= 11 is 1.28. The fourth-order valence-corrected chi connectivity index (χ4v) is 5.92. The molecule has 1 N–H and O–H groups in total. The first kappa shape index (κ1) is 19.1. The molecule has 1 aliphatic heterocycles. The highest BCUT2D eigenvalue weighted by Crippen LogP contribution is 2.33. The lowest BCUT2D eigenvalue weighted by Gasteiger charge is -2.13. The molecule has 0 aliphatic carbocycles. The molecule has 0 radical (unpaired) electrons. The van der Waals surface area contributed by atoms with Crippen molar-refractivity contribution >= 4 is 27.3 Å². The Bertz CT molecular complexity index is 851. The highest BCUT2D eigenvalue weighted by molar-refractivity contribution is 7.91. The average Bonchev–Trinajstić information content (AvgIpc) is 3.34. The lowest BCUT2D eigenvalue weighted by Crippen LogP contribution is -2.27. The van der Waals surface area contributed by atoms with E-state index < -0.39 is 10.0 Å². The third-order valence-corrected chi connectivity index (χ3v) is 7.99. The molecule has 1 aromatic heterocycles. The maximum absolute atomic E-state index is 12.6. The van der Waals surface area contributed by atoms with Gasteiger partial charge in [-0.25, -0.2) is 8.42 Å². The number of rotatable bonds is 7. The summed E-state index contributed by atoms with van der Waals surface area (Å²) < 4.78 is 27.2. The van der Waals surface area contributed by atoms with Gasteiger partial charge in [0.15, 0.2) is 0 Å². The van der Waals surface area contributed by atoms with Crippen LogP contribution in [0.1, 0.15) is 43.0 Å². The number of sulfonamides is 1. The minimum atomic E-state index is -3.37. The molecule has 0 saturated carbocycles. The zero-order valence-electron chi connectivity index (χ0n) is 14.9. The van der Waals surface area contributed by atoms with Crippen molar-refractivity contribution in [2.24, 2.45) is 0 Å². The second-order valence-corrected chi connectivity index (χ2v) is 9.67. The summed E-state index contributed by atoms with van der Waals surface area (Å²) in [6.07, 6.45) is 3.87. The summed E-state index contributed by atoms with van der Waals surface area (Å²) in [6.45, 7) is 3.98. The van der Waals surface area contributed by atoms with Crippen LogP contribution in [0.4, 0.5) is 0 Å². The van der Waals surface area contributed by atoms with Crippen LogP contribution in [-0.4, -0.2) is 38.3 Å². The summed E-state index contributed by atoms with van der Waals surface area (Å²) in [7, 11) is -3.37. The Balaban J connectivity index is 1.72. The van der Waals surface area contributed by atoms with Gasteiger partial charge in [-0.05, 0) is 49.1 Å². The van der Waals surface area contributed by atoms with Crippen LogP contribution in [0.2, 0.25) is 0 Å². The summed E-state index contributed by atoms with van der Waals surface area (Å²) in [4.78, 5) is 12.9. The van der Waals surface area contributed by atoms with E-state index in [1.54, 1.807) is 22.5 Å². The molecule has 0 unspecified atom stereocenters. The molecule has 2 aromatic rings. The number of amides is 1. The van der Waals surface area contributed by atoms with Gasteiger partial charge < -0.3 is 5.32 Å². The van der Waals surface area contributed by atoms with Gasteiger partial charge >= 0.3 is 0 Å². The third-order valence-electron chi connectivity index (χ3n) is 4.49. The molecule has 3 rings (SSSR count). The van der Waals surface area contributed by atoms with Gasteiger partial charge in [0.05, 0.1) is 0 Å². The molecule has 5 nitrogen and oxygen atoms in total. The maximum Gasteiger partial charge on any atom is 0.252 e. The zero-order chi connectivity index (χ0) is 18.6. The lowest BCUT2D eigenvalue weighted by atomic mass is 10.1. The smallest absolute Gasteiger partial charge is 0.252 e. The molecule has 0 bridgehead atoms. The molecule has 1 fully saturated rings. The van der Waals surface area contributed by atoms with Gasteiger partial charge in [0.25, 0.3) is 15.9 Å². The van der Waals surface area contributed by atoms with Crippen molar-refractivity contribution in [2.75, 3.05) is 19.6 Å². The number of nitrogens with zero attached hydrogens (tertiary/aromatic N) is 1. The molecule has 1 aromatic carbocycles. The van der Waals surface area contributed by atoms with E-state index in [4.69, 9.17) is 0 Å². The number of hydrogen-bond acceptors (Lipinski definition) is 4. The predicted octanol–water partition coefficient (Wildman–Crippen LogP) is 3.73. The van der Waals surface area contributed by atoms with Crippen molar-refractivity contribution in [2.45, 2.75) is 36.8 Å². The molecular formula is C19H24N2O3S2. The van der Waals surface area contributed by atoms with Gasteiger partial charge in [-0.15, -0.1) is 11.3 Å². The first-order valence-electron chi connectivity index (χ1n) is 9.01. The van der Waals surface area contributed by atoms with Gasteiger partial charge in [0.2, 0.25) is 0 Å². The minimum absolute atomic E-state index is 0.0755. The Morgan fingerprint density at radius 1 is 1.12 bits per heavy atom. The van der Waals surface area contributed by atoms with Crippen molar-refractivity contribution in [3.63, 3.8) is 0 Å². The third kappa shape index (κ3) is 4.16. The van der Waals surface area contributed by atoms with E-state index in [2.05, 4.69) is 12.2 Å². The molecule has 140 valence electrons. The van der Waals surface area contributed by atoms with Crippen LogP contribution in [0.15, 0.2) is 40.6 Å². The van der Waals surface area contributed by atoms with Crippen molar-refractivity contribution in [1.29, 1.82) is 0 Å². The first-order valence-corrected chi connectivity index (χ1v) is 11.3. The number of thiophene rings is 1. The Morgan fingerprint density at radius 3 is 2.46 bits per heavy atom. The number of carbonyl (C=O) groups excluding carboxylic acids is 1. The standard InChI is InChI=1S/C19H24N2O3S2/c1-2-3-12-20-19(22)16-8-6-15(7-9-16)17-10-11-18(25-17)26(23,24)21-13-4-5-14-21/h6-11H,2-5,12-14H2,1H3,(H,20,22). The van der Waals surface area contributed by atoms with E-state index in [1.807, 2.05) is 18.2 Å². The van der Waals surface area contributed by atoms with Crippen LogP contribution in [0.25, 0.3) is 10.4 Å². The summed E-state index contributed by atoms with van der Waals surface area (Å²) in [5.41, 5.74) is 1.54. The van der Waals surface area contributed by atoms with E-state index in [0.717, 1.165) is 36.1 Å². The average molecular weight is 393 g/mol. The van der Waals surface area contributed by atoms with Crippen molar-refractivity contribution in [1.82, 2.24) is 9.62 Å². The second-order valence-electron chi connectivity index (χ2n) is 6.42.